The van der Waals surface area contributed by atoms with E-state index < -0.39 is 0 Å². The van der Waals surface area contributed by atoms with E-state index in [9.17, 15) is 4.79 Å². The lowest BCUT2D eigenvalue weighted by Gasteiger charge is -2.36. The Morgan fingerprint density at radius 1 is 1.04 bits per heavy atom. The Morgan fingerprint density at radius 2 is 1.83 bits per heavy atom. The number of hydrogen-bond acceptors (Lipinski definition) is 3. The van der Waals surface area contributed by atoms with Crippen molar-refractivity contribution in [3.05, 3.63) is 66.1 Å². The van der Waals surface area contributed by atoms with E-state index in [0.717, 1.165) is 31.8 Å². The fourth-order valence-electron chi connectivity index (χ4n) is 3.28. The fraction of sp³-hybridized carbons (Fsp3) is 0.263. The first-order valence-electron chi connectivity index (χ1n) is 8.25. The number of carbonyl (C=O) groups is 1. The van der Waals surface area contributed by atoms with Crippen molar-refractivity contribution >= 4 is 17.2 Å². The summed E-state index contributed by atoms with van der Waals surface area (Å²) in [5.74, 6) is 0.0718. The minimum Gasteiger partial charge on any atom is -0.368 e. The molecular formula is C19H20N4O. The molecule has 2 aromatic heterocycles. The van der Waals surface area contributed by atoms with Gasteiger partial charge in [0, 0.05) is 44.3 Å². The van der Waals surface area contributed by atoms with Crippen molar-refractivity contribution in [1.29, 1.82) is 0 Å². The monoisotopic (exact) mass is 320 g/mol. The van der Waals surface area contributed by atoms with Crippen molar-refractivity contribution in [2.24, 2.45) is 0 Å². The Kier molecular flexibility index (Phi) is 3.69. The number of nitrogens with zero attached hydrogens (tertiary/aromatic N) is 4. The van der Waals surface area contributed by atoms with Crippen LogP contribution >= 0.6 is 0 Å². The molecule has 0 atom stereocenters. The van der Waals surface area contributed by atoms with Gasteiger partial charge in [-0.05, 0) is 36.8 Å². The molecule has 0 bridgehead atoms. The number of imidazole rings is 1. The van der Waals surface area contributed by atoms with Gasteiger partial charge in [0.2, 0.25) is 0 Å². The van der Waals surface area contributed by atoms with Crippen LogP contribution in [0, 0.1) is 6.92 Å². The Balaban J connectivity index is 1.49. The van der Waals surface area contributed by atoms with E-state index in [-0.39, 0.29) is 5.91 Å². The number of anilines is 1. The van der Waals surface area contributed by atoms with Crippen LogP contribution in [0.25, 0.3) is 5.65 Å². The quantitative estimate of drug-likeness (QED) is 0.729. The van der Waals surface area contributed by atoms with Gasteiger partial charge in [-0.1, -0.05) is 18.2 Å². The third kappa shape index (κ3) is 2.62. The molecule has 3 aromatic rings. The summed E-state index contributed by atoms with van der Waals surface area (Å²) in [5.41, 5.74) is 3.98. The summed E-state index contributed by atoms with van der Waals surface area (Å²) in [6.07, 6.45) is 3.56. The molecule has 1 aromatic carbocycles. The number of aromatic nitrogens is 2. The summed E-state index contributed by atoms with van der Waals surface area (Å²) in [5, 5.41) is 0. The Hall–Kier alpha value is -2.82. The molecule has 1 aliphatic heterocycles. The molecule has 1 amide bonds. The molecule has 0 unspecified atom stereocenters. The molecule has 24 heavy (non-hydrogen) atoms. The lowest BCUT2D eigenvalue weighted by molar-refractivity contribution is 0.0739. The van der Waals surface area contributed by atoms with Crippen LogP contribution in [0.5, 0.6) is 0 Å². The highest BCUT2D eigenvalue weighted by atomic mass is 16.2. The van der Waals surface area contributed by atoms with Gasteiger partial charge in [-0.15, -0.1) is 0 Å². The van der Waals surface area contributed by atoms with Gasteiger partial charge in [0.25, 0.3) is 5.91 Å². The zero-order valence-corrected chi connectivity index (χ0v) is 13.7. The third-order valence-corrected chi connectivity index (χ3v) is 4.58. The summed E-state index contributed by atoms with van der Waals surface area (Å²) in [4.78, 5) is 21.4. The number of pyridine rings is 1. The molecule has 0 saturated carbocycles. The second-order valence-electron chi connectivity index (χ2n) is 6.18. The molecule has 0 aliphatic carbocycles. The average Bonchev–Trinajstić information content (AvgIpc) is 3.10. The molecule has 1 saturated heterocycles. The predicted octanol–water partition coefficient (Wildman–Crippen LogP) is 2.61. The van der Waals surface area contributed by atoms with E-state index in [1.807, 2.05) is 33.7 Å². The van der Waals surface area contributed by atoms with E-state index >= 15 is 0 Å². The van der Waals surface area contributed by atoms with Gasteiger partial charge < -0.3 is 9.80 Å². The van der Waals surface area contributed by atoms with Crippen molar-refractivity contribution in [3.63, 3.8) is 0 Å². The lowest BCUT2D eigenvalue weighted by Crippen LogP contribution is -2.49. The average molecular weight is 320 g/mol. The van der Waals surface area contributed by atoms with Gasteiger partial charge in [-0.2, -0.15) is 0 Å². The van der Waals surface area contributed by atoms with E-state index in [1.165, 1.54) is 11.3 Å². The second-order valence-corrected chi connectivity index (χ2v) is 6.18. The molecule has 0 N–H and O–H groups in total. The van der Waals surface area contributed by atoms with Gasteiger partial charge >= 0.3 is 0 Å². The van der Waals surface area contributed by atoms with Crippen LogP contribution in [0.3, 0.4) is 0 Å². The molecule has 1 fully saturated rings. The Morgan fingerprint density at radius 3 is 2.62 bits per heavy atom. The second kappa shape index (κ2) is 6.00. The number of fused-ring (bicyclic) bond motifs is 1. The van der Waals surface area contributed by atoms with Crippen LogP contribution in [-0.2, 0) is 0 Å². The number of hydrogen-bond donors (Lipinski definition) is 0. The molecule has 122 valence electrons. The largest absolute Gasteiger partial charge is 0.368 e. The summed E-state index contributed by atoms with van der Waals surface area (Å²) in [6.45, 7) is 5.29. The molecule has 1 aliphatic rings. The van der Waals surface area contributed by atoms with Crippen LogP contribution in [0.1, 0.15) is 16.1 Å². The number of aryl methyl sites for hydroxylation is 1. The highest BCUT2D eigenvalue weighted by Crippen LogP contribution is 2.19. The molecule has 4 rings (SSSR count). The minimum absolute atomic E-state index is 0.0718. The minimum atomic E-state index is 0.0718. The first kappa shape index (κ1) is 14.8. The first-order valence-corrected chi connectivity index (χ1v) is 8.25. The zero-order valence-electron chi connectivity index (χ0n) is 13.7. The van der Waals surface area contributed by atoms with Crippen LogP contribution in [0.15, 0.2) is 54.9 Å². The lowest BCUT2D eigenvalue weighted by atomic mass is 10.2. The van der Waals surface area contributed by atoms with Crippen molar-refractivity contribution in [2.75, 3.05) is 31.1 Å². The predicted molar refractivity (Wildman–Crippen MR) is 94.5 cm³/mol. The van der Waals surface area contributed by atoms with E-state index in [2.05, 4.69) is 41.1 Å². The van der Waals surface area contributed by atoms with Crippen molar-refractivity contribution in [2.45, 2.75) is 6.92 Å². The van der Waals surface area contributed by atoms with Gasteiger partial charge in [0.1, 0.15) is 11.3 Å². The summed E-state index contributed by atoms with van der Waals surface area (Å²) in [6, 6.07) is 14.2. The highest BCUT2D eigenvalue weighted by molar-refractivity contribution is 5.93. The maximum absolute atomic E-state index is 12.9. The van der Waals surface area contributed by atoms with Crippen LogP contribution in [0.4, 0.5) is 5.69 Å². The molecular weight excluding hydrogens is 300 g/mol. The normalized spacial score (nSPS) is 15.0. The maximum Gasteiger partial charge on any atom is 0.271 e. The van der Waals surface area contributed by atoms with Gasteiger partial charge in [0.15, 0.2) is 0 Å². The number of rotatable bonds is 2. The topological polar surface area (TPSA) is 40.8 Å². The molecule has 5 heteroatoms. The highest BCUT2D eigenvalue weighted by Gasteiger charge is 2.23. The Bertz CT molecular complexity index is 878. The standard InChI is InChI=1S/C19H20N4O/c1-15-4-2-5-16(14-15)21-10-12-22(13-11-21)19(24)17-6-3-7-18-20-8-9-23(17)18/h2-9,14H,10-13H2,1H3. The van der Waals surface area contributed by atoms with Crippen molar-refractivity contribution in [1.82, 2.24) is 14.3 Å². The number of carbonyl (C=O) groups excluding carboxylic acids is 1. The van der Waals surface area contributed by atoms with Crippen LogP contribution in [-0.4, -0.2) is 46.4 Å². The smallest absolute Gasteiger partial charge is 0.271 e. The van der Waals surface area contributed by atoms with E-state index in [0.29, 0.717) is 5.69 Å². The van der Waals surface area contributed by atoms with E-state index in [4.69, 9.17) is 0 Å². The summed E-state index contributed by atoms with van der Waals surface area (Å²) < 4.78 is 1.86. The number of benzene rings is 1. The zero-order chi connectivity index (χ0) is 16.5. The molecule has 5 nitrogen and oxygen atoms in total. The maximum atomic E-state index is 12.9. The molecule has 3 heterocycles. The van der Waals surface area contributed by atoms with Gasteiger partial charge in [0.05, 0.1) is 0 Å². The first-order chi connectivity index (χ1) is 11.7. The number of piperazine rings is 1. The van der Waals surface area contributed by atoms with Gasteiger partial charge in [-0.25, -0.2) is 4.98 Å². The van der Waals surface area contributed by atoms with Crippen LogP contribution < -0.4 is 4.90 Å². The van der Waals surface area contributed by atoms with E-state index in [1.54, 1.807) is 6.20 Å². The summed E-state index contributed by atoms with van der Waals surface area (Å²) in [7, 11) is 0. The fourth-order valence-corrected chi connectivity index (χ4v) is 3.28. The SMILES string of the molecule is Cc1cccc(N2CCN(C(=O)c3cccc4nccn34)CC2)c1. The van der Waals surface area contributed by atoms with Crippen LogP contribution in [0.2, 0.25) is 0 Å². The van der Waals surface area contributed by atoms with Crippen molar-refractivity contribution in [3.8, 4) is 0 Å². The molecule has 0 spiro atoms. The number of amides is 1. The van der Waals surface area contributed by atoms with Gasteiger partial charge in [-0.3, -0.25) is 9.20 Å². The Labute approximate surface area is 141 Å². The van der Waals surface area contributed by atoms with Crippen molar-refractivity contribution < 1.29 is 4.79 Å². The molecule has 0 radical (unpaired) electrons. The summed E-state index contributed by atoms with van der Waals surface area (Å²) >= 11 is 0. The third-order valence-electron chi connectivity index (χ3n) is 4.58.